The predicted octanol–water partition coefficient (Wildman–Crippen LogP) is 4.40. The first-order valence-electron chi connectivity index (χ1n) is 5.83. The third-order valence-corrected chi connectivity index (χ3v) is 4.08. The SMILES string of the molecule is O=[N+]([O-])c1ccc(CC(O)c2ccc(Br)cc2Br)cc1. The number of rotatable bonds is 4. The molecule has 6 heteroatoms. The first-order valence-corrected chi connectivity index (χ1v) is 7.42. The molecule has 1 N–H and O–H groups in total. The normalized spacial score (nSPS) is 12.2. The van der Waals surface area contributed by atoms with Crippen LogP contribution in [0.2, 0.25) is 0 Å². The number of nitro groups is 1. The van der Waals surface area contributed by atoms with Gasteiger partial charge >= 0.3 is 0 Å². The van der Waals surface area contributed by atoms with Crippen LogP contribution in [0.4, 0.5) is 5.69 Å². The molecule has 0 aliphatic carbocycles. The molecule has 0 saturated carbocycles. The van der Waals surface area contributed by atoms with Crippen molar-refractivity contribution in [2.45, 2.75) is 12.5 Å². The van der Waals surface area contributed by atoms with Crippen molar-refractivity contribution in [2.24, 2.45) is 0 Å². The highest BCUT2D eigenvalue weighted by Crippen LogP contribution is 2.29. The average molecular weight is 401 g/mol. The van der Waals surface area contributed by atoms with Crippen LogP contribution in [0.3, 0.4) is 0 Å². The topological polar surface area (TPSA) is 63.4 Å². The molecule has 4 nitrogen and oxygen atoms in total. The van der Waals surface area contributed by atoms with Gasteiger partial charge in [-0.05, 0) is 23.3 Å². The summed E-state index contributed by atoms with van der Waals surface area (Å²) < 4.78 is 1.75. The number of halogens is 2. The molecule has 104 valence electrons. The van der Waals surface area contributed by atoms with E-state index in [0.29, 0.717) is 6.42 Å². The van der Waals surface area contributed by atoms with Gasteiger partial charge in [-0.2, -0.15) is 0 Å². The van der Waals surface area contributed by atoms with Crippen LogP contribution in [0.5, 0.6) is 0 Å². The van der Waals surface area contributed by atoms with E-state index in [0.717, 1.165) is 20.1 Å². The number of non-ortho nitro benzene ring substituents is 1. The number of hydrogen-bond donors (Lipinski definition) is 1. The van der Waals surface area contributed by atoms with E-state index in [9.17, 15) is 15.2 Å². The standard InChI is InChI=1S/C14H11Br2NO3/c15-10-3-6-12(13(16)8-10)14(18)7-9-1-4-11(5-2-9)17(19)20/h1-6,8,14,18H,7H2. The van der Waals surface area contributed by atoms with Crippen molar-refractivity contribution in [1.29, 1.82) is 0 Å². The molecule has 0 aliphatic rings. The summed E-state index contributed by atoms with van der Waals surface area (Å²) in [5, 5.41) is 20.8. The van der Waals surface area contributed by atoms with Crippen molar-refractivity contribution >= 4 is 37.5 Å². The molecular weight excluding hydrogens is 390 g/mol. The third kappa shape index (κ3) is 3.65. The fourth-order valence-electron chi connectivity index (χ4n) is 1.86. The lowest BCUT2D eigenvalue weighted by Gasteiger charge is -2.13. The third-order valence-electron chi connectivity index (χ3n) is 2.90. The van der Waals surface area contributed by atoms with Gasteiger partial charge in [0.25, 0.3) is 5.69 Å². The molecule has 0 amide bonds. The zero-order valence-electron chi connectivity index (χ0n) is 10.3. The summed E-state index contributed by atoms with van der Waals surface area (Å²) >= 11 is 6.77. The predicted molar refractivity (Wildman–Crippen MR) is 83.6 cm³/mol. The van der Waals surface area contributed by atoms with Gasteiger partial charge < -0.3 is 5.11 Å². The van der Waals surface area contributed by atoms with Crippen molar-refractivity contribution < 1.29 is 10.0 Å². The second-order valence-electron chi connectivity index (χ2n) is 4.31. The molecule has 2 aromatic rings. The Bertz CT molecular complexity index is 629. The van der Waals surface area contributed by atoms with E-state index in [1.807, 2.05) is 18.2 Å². The molecule has 0 aromatic heterocycles. The van der Waals surface area contributed by atoms with Crippen LogP contribution >= 0.6 is 31.9 Å². The fraction of sp³-hybridized carbons (Fsp3) is 0.143. The molecule has 0 saturated heterocycles. The molecule has 1 unspecified atom stereocenters. The van der Waals surface area contributed by atoms with E-state index in [4.69, 9.17) is 0 Å². The second kappa shape index (κ2) is 6.47. The van der Waals surface area contributed by atoms with Gasteiger partial charge in [-0.3, -0.25) is 10.1 Å². The summed E-state index contributed by atoms with van der Waals surface area (Å²) in [6.45, 7) is 0. The molecule has 0 bridgehead atoms. The molecule has 0 radical (unpaired) electrons. The maximum atomic E-state index is 10.6. The van der Waals surface area contributed by atoms with Gasteiger partial charge in [-0.15, -0.1) is 0 Å². The first kappa shape index (κ1) is 15.2. The zero-order chi connectivity index (χ0) is 14.7. The molecule has 20 heavy (non-hydrogen) atoms. The van der Waals surface area contributed by atoms with E-state index < -0.39 is 11.0 Å². The summed E-state index contributed by atoms with van der Waals surface area (Å²) in [6.07, 6.45) is -0.267. The molecular formula is C14H11Br2NO3. The van der Waals surface area contributed by atoms with Gasteiger partial charge in [0, 0.05) is 27.5 Å². The van der Waals surface area contributed by atoms with Gasteiger partial charge in [0.2, 0.25) is 0 Å². The summed E-state index contributed by atoms with van der Waals surface area (Å²) in [5.74, 6) is 0. The summed E-state index contributed by atoms with van der Waals surface area (Å²) in [6, 6.07) is 11.8. The van der Waals surface area contributed by atoms with Crippen molar-refractivity contribution in [1.82, 2.24) is 0 Å². The Morgan fingerprint density at radius 3 is 2.35 bits per heavy atom. The monoisotopic (exact) mass is 399 g/mol. The van der Waals surface area contributed by atoms with Crippen LogP contribution in [0.1, 0.15) is 17.2 Å². The molecule has 0 fully saturated rings. The highest BCUT2D eigenvalue weighted by molar-refractivity contribution is 9.11. The Labute approximate surface area is 132 Å². The molecule has 1 atom stereocenters. The number of hydrogen-bond acceptors (Lipinski definition) is 3. The quantitative estimate of drug-likeness (QED) is 0.611. The van der Waals surface area contributed by atoms with E-state index in [-0.39, 0.29) is 5.69 Å². The molecule has 2 aromatic carbocycles. The summed E-state index contributed by atoms with van der Waals surface area (Å²) in [4.78, 5) is 10.1. The van der Waals surface area contributed by atoms with Crippen LogP contribution < -0.4 is 0 Å². The lowest BCUT2D eigenvalue weighted by molar-refractivity contribution is -0.384. The maximum Gasteiger partial charge on any atom is 0.269 e. The van der Waals surface area contributed by atoms with E-state index in [1.165, 1.54) is 12.1 Å². The Balaban J connectivity index is 2.14. The number of benzene rings is 2. The molecule has 0 spiro atoms. The number of nitrogens with zero attached hydrogens (tertiary/aromatic N) is 1. The highest BCUT2D eigenvalue weighted by atomic mass is 79.9. The van der Waals surface area contributed by atoms with Gasteiger partial charge in [-0.1, -0.05) is 50.1 Å². The van der Waals surface area contributed by atoms with E-state index in [1.54, 1.807) is 12.1 Å². The van der Waals surface area contributed by atoms with Crippen LogP contribution in [-0.2, 0) is 6.42 Å². The van der Waals surface area contributed by atoms with Crippen molar-refractivity contribution in [3.8, 4) is 0 Å². The largest absolute Gasteiger partial charge is 0.388 e. The van der Waals surface area contributed by atoms with E-state index >= 15 is 0 Å². The minimum atomic E-state index is -0.668. The Morgan fingerprint density at radius 2 is 1.80 bits per heavy atom. The average Bonchev–Trinajstić information content (AvgIpc) is 2.39. The Hall–Kier alpha value is -1.24. The zero-order valence-corrected chi connectivity index (χ0v) is 13.5. The minimum absolute atomic E-state index is 0.0491. The minimum Gasteiger partial charge on any atom is -0.388 e. The number of nitro benzene ring substituents is 1. The van der Waals surface area contributed by atoms with E-state index in [2.05, 4.69) is 31.9 Å². The van der Waals surface area contributed by atoms with Crippen LogP contribution in [0.15, 0.2) is 51.4 Å². The molecule has 2 rings (SSSR count). The highest BCUT2D eigenvalue weighted by Gasteiger charge is 2.13. The van der Waals surface area contributed by atoms with Crippen molar-refractivity contribution in [2.75, 3.05) is 0 Å². The molecule has 0 heterocycles. The fourth-order valence-corrected chi connectivity index (χ4v) is 3.17. The van der Waals surface area contributed by atoms with Gasteiger partial charge in [0.05, 0.1) is 11.0 Å². The van der Waals surface area contributed by atoms with Crippen LogP contribution in [0, 0.1) is 10.1 Å². The van der Waals surface area contributed by atoms with Crippen molar-refractivity contribution in [3.05, 3.63) is 72.7 Å². The summed E-state index contributed by atoms with van der Waals surface area (Å²) in [7, 11) is 0. The van der Waals surface area contributed by atoms with Crippen LogP contribution in [0.25, 0.3) is 0 Å². The van der Waals surface area contributed by atoms with Crippen LogP contribution in [-0.4, -0.2) is 10.0 Å². The van der Waals surface area contributed by atoms with Crippen molar-refractivity contribution in [3.63, 3.8) is 0 Å². The lowest BCUT2D eigenvalue weighted by atomic mass is 10.0. The maximum absolute atomic E-state index is 10.6. The smallest absolute Gasteiger partial charge is 0.269 e. The number of aliphatic hydroxyl groups is 1. The molecule has 0 aliphatic heterocycles. The Morgan fingerprint density at radius 1 is 1.15 bits per heavy atom. The van der Waals surface area contributed by atoms with Gasteiger partial charge in [-0.25, -0.2) is 0 Å². The van der Waals surface area contributed by atoms with Gasteiger partial charge in [0.1, 0.15) is 0 Å². The van der Waals surface area contributed by atoms with Gasteiger partial charge in [0.15, 0.2) is 0 Å². The lowest BCUT2D eigenvalue weighted by Crippen LogP contribution is -2.03. The Kier molecular flexibility index (Phi) is 4.91. The second-order valence-corrected chi connectivity index (χ2v) is 6.08. The number of aliphatic hydroxyl groups excluding tert-OH is 1. The summed E-state index contributed by atoms with van der Waals surface area (Å²) in [5.41, 5.74) is 1.68. The first-order chi connectivity index (χ1) is 9.47.